The van der Waals surface area contributed by atoms with Gasteiger partial charge in [0, 0.05) is 5.69 Å². The minimum Gasteiger partial charge on any atom is -0.489 e. The number of hydrogen-bond acceptors (Lipinski definition) is 5. The molecule has 88 valence electrons. The quantitative estimate of drug-likeness (QED) is 0.785. The second-order valence-corrected chi connectivity index (χ2v) is 3.60. The van der Waals surface area contributed by atoms with Gasteiger partial charge < -0.3 is 9.47 Å². The minimum atomic E-state index is 0.206. The summed E-state index contributed by atoms with van der Waals surface area (Å²) >= 11 is 5.85. The highest BCUT2D eigenvalue weighted by molar-refractivity contribution is 6.31. The molecular formula is C11H10ClN3O2. The van der Waals surface area contributed by atoms with Crippen molar-refractivity contribution in [3.63, 3.8) is 0 Å². The Morgan fingerprint density at radius 3 is 2.65 bits per heavy atom. The molecule has 0 unspecified atom stereocenters. The Labute approximate surface area is 103 Å². The number of ether oxygens (including phenoxy) is 2. The zero-order chi connectivity index (χ0) is 12.3. The monoisotopic (exact) mass is 251 g/mol. The molecule has 0 spiro atoms. The van der Waals surface area contributed by atoms with Crippen molar-refractivity contribution in [1.82, 2.24) is 15.0 Å². The van der Waals surface area contributed by atoms with Gasteiger partial charge in [-0.25, -0.2) is 4.98 Å². The molecule has 6 heteroatoms. The maximum absolute atomic E-state index is 5.85. The normalized spacial score (nSPS) is 10.1. The fourth-order valence-electron chi connectivity index (χ4n) is 1.21. The van der Waals surface area contributed by atoms with E-state index in [2.05, 4.69) is 15.0 Å². The van der Waals surface area contributed by atoms with E-state index in [1.54, 1.807) is 12.3 Å². The molecule has 5 nitrogen and oxygen atoms in total. The molecule has 0 fully saturated rings. The van der Waals surface area contributed by atoms with Crippen LogP contribution in [0.15, 0.2) is 24.7 Å². The highest BCUT2D eigenvalue weighted by Crippen LogP contribution is 2.33. The number of methoxy groups -OCH3 is 1. The van der Waals surface area contributed by atoms with Crippen molar-refractivity contribution in [2.75, 3.05) is 7.11 Å². The molecule has 0 aromatic carbocycles. The number of aryl methyl sites for hydroxylation is 1. The van der Waals surface area contributed by atoms with Gasteiger partial charge in [0.15, 0.2) is 5.15 Å². The van der Waals surface area contributed by atoms with E-state index in [-0.39, 0.29) is 11.0 Å². The molecule has 2 rings (SSSR count). The summed E-state index contributed by atoms with van der Waals surface area (Å²) in [7, 11) is 1.48. The molecule has 0 bridgehead atoms. The largest absolute Gasteiger partial charge is 0.489 e. The van der Waals surface area contributed by atoms with Crippen molar-refractivity contribution >= 4 is 11.6 Å². The van der Waals surface area contributed by atoms with Gasteiger partial charge in [-0.05, 0) is 19.1 Å². The molecule has 0 saturated heterocycles. The van der Waals surface area contributed by atoms with Crippen LogP contribution >= 0.6 is 11.6 Å². The van der Waals surface area contributed by atoms with Crippen molar-refractivity contribution in [3.05, 3.63) is 35.5 Å². The number of nitrogens with zero attached hydrogens (tertiary/aromatic N) is 3. The lowest BCUT2D eigenvalue weighted by Gasteiger charge is -2.08. The van der Waals surface area contributed by atoms with E-state index in [1.807, 2.05) is 13.0 Å². The molecule has 0 saturated carbocycles. The third kappa shape index (κ3) is 2.62. The summed E-state index contributed by atoms with van der Waals surface area (Å²) in [5.74, 6) is 1.12. The van der Waals surface area contributed by atoms with Gasteiger partial charge in [0.05, 0.1) is 13.3 Å². The number of aromatic nitrogens is 3. The van der Waals surface area contributed by atoms with Crippen LogP contribution in [0, 0.1) is 6.92 Å². The van der Waals surface area contributed by atoms with Crippen LogP contribution in [0.25, 0.3) is 0 Å². The summed E-state index contributed by atoms with van der Waals surface area (Å²) in [5.41, 5.74) is 0.907. The molecule has 0 aliphatic rings. The van der Waals surface area contributed by atoms with Crippen LogP contribution < -0.4 is 9.47 Å². The van der Waals surface area contributed by atoms with Gasteiger partial charge in [-0.1, -0.05) is 11.6 Å². The third-order valence-corrected chi connectivity index (χ3v) is 2.30. The van der Waals surface area contributed by atoms with Crippen molar-refractivity contribution in [2.45, 2.75) is 6.92 Å². The fourth-order valence-corrected chi connectivity index (χ4v) is 1.41. The second kappa shape index (κ2) is 4.97. The number of pyridine rings is 1. The van der Waals surface area contributed by atoms with Gasteiger partial charge in [0.1, 0.15) is 12.1 Å². The van der Waals surface area contributed by atoms with E-state index >= 15 is 0 Å². The van der Waals surface area contributed by atoms with Crippen LogP contribution in [0.1, 0.15) is 5.69 Å². The first-order valence-electron chi connectivity index (χ1n) is 4.85. The maximum atomic E-state index is 5.85. The molecule has 0 atom stereocenters. The van der Waals surface area contributed by atoms with Gasteiger partial charge in [-0.2, -0.15) is 4.98 Å². The van der Waals surface area contributed by atoms with E-state index in [0.717, 1.165) is 5.69 Å². The topological polar surface area (TPSA) is 57.1 Å². The standard InChI is InChI=1S/C11H10ClN3O2/c1-7-3-4-8(5-13-7)17-11-9(16-2)10(12)14-6-15-11/h3-6H,1-2H3. The molecule has 0 aliphatic heterocycles. The van der Waals surface area contributed by atoms with Gasteiger partial charge in [0.2, 0.25) is 5.75 Å². The smallest absolute Gasteiger partial charge is 0.267 e. The van der Waals surface area contributed by atoms with Crippen LogP contribution in [-0.4, -0.2) is 22.1 Å². The Bertz CT molecular complexity index is 517. The molecule has 0 aliphatic carbocycles. The number of rotatable bonds is 3. The van der Waals surface area contributed by atoms with Crippen LogP contribution in [-0.2, 0) is 0 Å². The highest BCUT2D eigenvalue weighted by Gasteiger charge is 2.12. The molecule has 2 aromatic rings. The summed E-state index contributed by atoms with van der Waals surface area (Å²) in [6, 6.07) is 3.63. The summed E-state index contributed by atoms with van der Waals surface area (Å²) in [5, 5.41) is 0.206. The molecule has 0 radical (unpaired) electrons. The van der Waals surface area contributed by atoms with Gasteiger partial charge >= 0.3 is 0 Å². The molecule has 0 amide bonds. The van der Waals surface area contributed by atoms with Crippen LogP contribution in [0.3, 0.4) is 0 Å². The van der Waals surface area contributed by atoms with E-state index in [0.29, 0.717) is 11.5 Å². The summed E-state index contributed by atoms with van der Waals surface area (Å²) in [6.45, 7) is 1.89. The Morgan fingerprint density at radius 1 is 1.18 bits per heavy atom. The average Bonchev–Trinajstić information content (AvgIpc) is 2.32. The molecule has 2 aromatic heterocycles. The van der Waals surface area contributed by atoms with Crippen molar-refractivity contribution in [1.29, 1.82) is 0 Å². The lowest BCUT2D eigenvalue weighted by atomic mass is 10.4. The van der Waals surface area contributed by atoms with Crippen LogP contribution in [0.2, 0.25) is 5.15 Å². The average molecular weight is 252 g/mol. The van der Waals surface area contributed by atoms with E-state index < -0.39 is 0 Å². The first-order chi connectivity index (χ1) is 8.20. The van der Waals surface area contributed by atoms with E-state index in [4.69, 9.17) is 21.1 Å². The predicted molar refractivity (Wildman–Crippen MR) is 62.6 cm³/mol. The first kappa shape index (κ1) is 11.6. The summed E-state index contributed by atoms with van der Waals surface area (Å²) < 4.78 is 10.6. The van der Waals surface area contributed by atoms with E-state index in [9.17, 15) is 0 Å². The van der Waals surface area contributed by atoms with Crippen molar-refractivity contribution < 1.29 is 9.47 Å². The zero-order valence-electron chi connectivity index (χ0n) is 9.35. The Kier molecular flexibility index (Phi) is 3.39. The predicted octanol–water partition coefficient (Wildman–Crippen LogP) is 2.63. The Hall–Kier alpha value is -1.88. The lowest BCUT2D eigenvalue weighted by molar-refractivity contribution is 0.367. The highest BCUT2D eigenvalue weighted by atomic mass is 35.5. The van der Waals surface area contributed by atoms with Gasteiger partial charge in [-0.3, -0.25) is 4.98 Å². The van der Waals surface area contributed by atoms with Gasteiger partial charge in [-0.15, -0.1) is 0 Å². The lowest BCUT2D eigenvalue weighted by Crippen LogP contribution is -1.96. The first-order valence-corrected chi connectivity index (χ1v) is 5.23. The Morgan fingerprint density at radius 2 is 2.00 bits per heavy atom. The summed E-state index contributed by atoms with van der Waals surface area (Å²) in [4.78, 5) is 11.9. The van der Waals surface area contributed by atoms with Crippen molar-refractivity contribution in [2.24, 2.45) is 0 Å². The minimum absolute atomic E-state index is 0.206. The van der Waals surface area contributed by atoms with Gasteiger partial charge in [0.25, 0.3) is 5.88 Å². The maximum Gasteiger partial charge on any atom is 0.267 e. The molecule has 17 heavy (non-hydrogen) atoms. The number of halogens is 1. The molecular weight excluding hydrogens is 242 g/mol. The second-order valence-electron chi connectivity index (χ2n) is 3.24. The zero-order valence-corrected chi connectivity index (χ0v) is 10.1. The SMILES string of the molecule is COc1c(Cl)ncnc1Oc1ccc(C)nc1. The molecule has 0 N–H and O–H groups in total. The van der Waals surface area contributed by atoms with E-state index in [1.165, 1.54) is 13.4 Å². The van der Waals surface area contributed by atoms with Crippen molar-refractivity contribution in [3.8, 4) is 17.4 Å². The van der Waals surface area contributed by atoms with Crippen LogP contribution in [0.5, 0.6) is 17.4 Å². The summed E-state index contributed by atoms with van der Waals surface area (Å²) in [6.07, 6.45) is 2.91. The fraction of sp³-hybridized carbons (Fsp3) is 0.182. The van der Waals surface area contributed by atoms with Crippen LogP contribution in [0.4, 0.5) is 0 Å². The molecule has 2 heterocycles. The Balaban J connectivity index is 2.29. The number of hydrogen-bond donors (Lipinski definition) is 0. The third-order valence-electron chi connectivity index (χ3n) is 2.03.